The van der Waals surface area contributed by atoms with E-state index in [1.807, 2.05) is 11.7 Å². The smallest absolute Gasteiger partial charge is 0.0766 e. The van der Waals surface area contributed by atoms with Crippen LogP contribution in [0, 0.1) is 0 Å². The topological polar surface area (TPSA) is 48.3 Å². The van der Waals surface area contributed by atoms with Gasteiger partial charge in [0.2, 0.25) is 0 Å². The Hall–Kier alpha value is -0.430. The molecule has 0 aliphatic carbocycles. The Bertz CT molecular complexity index is 396. The minimum absolute atomic E-state index is 0.285. The predicted molar refractivity (Wildman–Crippen MR) is 84.1 cm³/mol. The maximum absolute atomic E-state index is 5.64. The Morgan fingerprint density at radius 3 is 2.65 bits per heavy atom. The molecule has 0 bridgehead atoms. The lowest BCUT2D eigenvalue weighted by Gasteiger charge is -2.18. The normalized spacial score (nSPS) is 12.8. The van der Waals surface area contributed by atoms with E-state index in [9.17, 15) is 0 Å². The molecule has 0 saturated heterocycles. The number of nitrogens with one attached hydrogen (secondary N) is 1. The van der Waals surface area contributed by atoms with Crippen molar-refractivity contribution in [2.75, 3.05) is 33.5 Å². The largest absolute Gasteiger partial charge is 0.382 e. The van der Waals surface area contributed by atoms with Crippen molar-refractivity contribution in [3.63, 3.8) is 0 Å². The van der Waals surface area contributed by atoms with Crippen molar-refractivity contribution in [1.82, 2.24) is 15.1 Å². The van der Waals surface area contributed by atoms with Crippen molar-refractivity contribution < 1.29 is 9.47 Å². The number of ether oxygens (including phenoxy) is 2. The second-order valence-corrected chi connectivity index (χ2v) is 5.50. The minimum atomic E-state index is 0.285. The van der Waals surface area contributed by atoms with Crippen molar-refractivity contribution in [2.24, 2.45) is 7.05 Å². The van der Waals surface area contributed by atoms with Gasteiger partial charge in [-0.25, -0.2) is 0 Å². The van der Waals surface area contributed by atoms with Crippen LogP contribution in [0.1, 0.15) is 25.2 Å². The van der Waals surface area contributed by atoms with Crippen LogP contribution >= 0.6 is 15.9 Å². The quantitative estimate of drug-likeness (QED) is 0.657. The van der Waals surface area contributed by atoms with Gasteiger partial charge in [-0.1, -0.05) is 13.8 Å². The molecular weight excluding hydrogens is 322 g/mol. The van der Waals surface area contributed by atoms with Crippen molar-refractivity contribution in [1.29, 1.82) is 0 Å². The number of aryl methyl sites for hydroxylation is 2. The summed E-state index contributed by atoms with van der Waals surface area (Å²) in [5, 5.41) is 7.99. The maximum Gasteiger partial charge on any atom is 0.0766 e. The number of hydrogen-bond acceptors (Lipinski definition) is 4. The van der Waals surface area contributed by atoms with Gasteiger partial charge < -0.3 is 14.8 Å². The lowest BCUT2D eigenvalue weighted by Crippen LogP contribution is -2.36. The summed E-state index contributed by atoms with van der Waals surface area (Å²) in [5.41, 5.74) is 2.32. The van der Waals surface area contributed by atoms with E-state index in [-0.39, 0.29) is 6.04 Å². The first kappa shape index (κ1) is 17.6. The van der Waals surface area contributed by atoms with Crippen LogP contribution in [0.3, 0.4) is 0 Å². The van der Waals surface area contributed by atoms with E-state index in [4.69, 9.17) is 9.47 Å². The van der Waals surface area contributed by atoms with Gasteiger partial charge in [0.25, 0.3) is 0 Å². The third-order valence-corrected chi connectivity index (χ3v) is 4.10. The first-order valence-corrected chi connectivity index (χ1v) is 7.93. The summed E-state index contributed by atoms with van der Waals surface area (Å²) >= 11 is 3.66. The molecule has 0 radical (unpaired) electrons. The molecule has 0 amide bonds. The van der Waals surface area contributed by atoms with Crippen LogP contribution in [-0.4, -0.2) is 49.3 Å². The van der Waals surface area contributed by atoms with Gasteiger partial charge in [-0.2, -0.15) is 5.10 Å². The minimum Gasteiger partial charge on any atom is -0.382 e. The van der Waals surface area contributed by atoms with Crippen molar-refractivity contribution in [3.8, 4) is 0 Å². The summed E-state index contributed by atoms with van der Waals surface area (Å²) in [7, 11) is 3.68. The second-order valence-electron chi connectivity index (χ2n) is 4.71. The summed E-state index contributed by atoms with van der Waals surface area (Å²) < 4.78 is 13.7. The molecule has 20 heavy (non-hydrogen) atoms. The molecule has 0 aromatic carbocycles. The highest BCUT2D eigenvalue weighted by Crippen LogP contribution is 2.22. The maximum atomic E-state index is 5.64. The molecule has 0 fully saturated rings. The molecule has 1 aromatic rings. The van der Waals surface area contributed by atoms with Crippen LogP contribution in [0.2, 0.25) is 0 Å². The molecule has 1 N–H and O–H groups in total. The van der Waals surface area contributed by atoms with Crippen LogP contribution < -0.4 is 5.32 Å². The molecule has 1 atom stereocenters. The van der Waals surface area contributed by atoms with Gasteiger partial charge in [-0.15, -0.1) is 0 Å². The van der Waals surface area contributed by atoms with E-state index in [1.165, 1.54) is 5.69 Å². The third kappa shape index (κ3) is 5.16. The van der Waals surface area contributed by atoms with Crippen molar-refractivity contribution in [3.05, 3.63) is 15.9 Å². The first-order valence-electron chi connectivity index (χ1n) is 7.14. The number of likely N-dealkylation sites (N-methyl/N-ethyl adjacent to an activating group) is 1. The van der Waals surface area contributed by atoms with E-state index in [1.54, 1.807) is 7.11 Å². The van der Waals surface area contributed by atoms with Gasteiger partial charge in [0.1, 0.15) is 0 Å². The Morgan fingerprint density at radius 1 is 1.35 bits per heavy atom. The van der Waals surface area contributed by atoms with E-state index < -0.39 is 0 Å². The summed E-state index contributed by atoms with van der Waals surface area (Å²) in [6.45, 7) is 7.09. The Labute approximate surface area is 130 Å². The zero-order chi connectivity index (χ0) is 15.0. The molecule has 0 spiro atoms. The SMILES string of the molecule is CCNC(COCCOC)Cc1c(Br)c(CC)nn1C. The van der Waals surface area contributed by atoms with Crippen LogP contribution in [0.4, 0.5) is 0 Å². The molecule has 6 heteroatoms. The van der Waals surface area contributed by atoms with Crippen molar-refractivity contribution >= 4 is 15.9 Å². The van der Waals surface area contributed by atoms with Crippen LogP contribution in [-0.2, 0) is 29.4 Å². The summed E-state index contributed by atoms with van der Waals surface area (Å²) in [5.74, 6) is 0. The highest BCUT2D eigenvalue weighted by molar-refractivity contribution is 9.10. The first-order chi connectivity index (χ1) is 9.63. The number of nitrogens with zero attached hydrogens (tertiary/aromatic N) is 2. The fourth-order valence-electron chi connectivity index (χ4n) is 2.12. The number of hydrogen-bond donors (Lipinski definition) is 1. The molecule has 0 saturated carbocycles. The fraction of sp³-hybridized carbons (Fsp3) is 0.786. The Balaban J connectivity index is 2.62. The average molecular weight is 348 g/mol. The summed E-state index contributed by atoms with van der Waals surface area (Å²) in [6.07, 6.45) is 1.83. The molecule has 0 aliphatic heterocycles. The van der Waals surface area contributed by atoms with Gasteiger partial charge in [0.05, 0.1) is 35.7 Å². The van der Waals surface area contributed by atoms with Gasteiger partial charge in [-0.3, -0.25) is 4.68 Å². The monoisotopic (exact) mass is 347 g/mol. The molecular formula is C14H26BrN3O2. The van der Waals surface area contributed by atoms with E-state index in [0.717, 1.165) is 29.6 Å². The lowest BCUT2D eigenvalue weighted by atomic mass is 10.1. The van der Waals surface area contributed by atoms with Crippen molar-refractivity contribution in [2.45, 2.75) is 32.7 Å². The highest BCUT2D eigenvalue weighted by atomic mass is 79.9. The molecule has 0 aliphatic rings. The number of halogens is 1. The van der Waals surface area contributed by atoms with Gasteiger partial charge in [0, 0.05) is 26.6 Å². The number of rotatable bonds is 10. The van der Waals surface area contributed by atoms with Gasteiger partial charge >= 0.3 is 0 Å². The number of aromatic nitrogens is 2. The van der Waals surface area contributed by atoms with E-state index in [0.29, 0.717) is 19.8 Å². The van der Waals surface area contributed by atoms with Crippen LogP contribution in [0.5, 0.6) is 0 Å². The Morgan fingerprint density at radius 2 is 2.10 bits per heavy atom. The van der Waals surface area contributed by atoms with E-state index in [2.05, 4.69) is 40.2 Å². The van der Waals surface area contributed by atoms with E-state index >= 15 is 0 Å². The zero-order valence-corrected chi connectivity index (χ0v) is 14.5. The molecule has 1 heterocycles. The zero-order valence-electron chi connectivity index (χ0n) is 12.9. The Kier molecular flexibility index (Phi) is 8.37. The molecule has 5 nitrogen and oxygen atoms in total. The molecule has 116 valence electrons. The van der Waals surface area contributed by atoms with Crippen LogP contribution in [0.25, 0.3) is 0 Å². The van der Waals surface area contributed by atoms with Gasteiger partial charge in [-0.05, 0) is 28.9 Å². The second kappa shape index (κ2) is 9.50. The highest BCUT2D eigenvalue weighted by Gasteiger charge is 2.17. The summed E-state index contributed by atoms with van der Waals surface area (Å²) in [4.78, 5) is 0. The van der Waals surface area contributed by atoms with Crippen LogP contribution in [0.15, 0.2) is 4.47 Å². The lowest BCUT2D eigenvalue weighted by molar-refractivity contribution is 0.0587. The fourth-order valence-corrected chi connectivity index (χ4v) is 2.90. The standard InChI is InChI=1S/C14H26BrN3O2/c1-5-12-14(15)13(18(3)17-12)9-11(16-6-2)10-20-8-7-19-4/h11,16H,5-10H2,1-4H3. The molecule has 1 rings (SSSR count). The molecule has 1 unspecified atom stereocenters. The number of methoxy groups -OCH3 is 1. The van der Waals surface area contributed by atoms with Gasteiger partial charge in [0.15, 0.2) is 0 Å². The average Bonchev–Trinajstić information content (AvgIpc) is 2.71. The summed E-state index contributed by atoms with van der Waals surface area (Å²) in [6, 6.07) is 0.285. The molecule has 1 aromatic heterocycles. The third-order valence-electron chi connectivity index (χ3n) is 3.19. The predicted octanol–water partition coefficient (Wildman–Crippen LogP) is 1.93.